The highest BCUT2D eigenvalue weighted by Crippen LogP contribution is 2.36. The third-order valence-electron chi connectivity index (χ3n) is 4.00. The molecule has 0 unspecified atom stereocenters. The molecule has 3 aromatic rings. The Balaban J connectivity index is 1.88. The molecule has 0 fully saturated rings. The van der Waals surface area contributed by atoms with Crippen LogP contribution in [0.1, 0.15) is 0 Å². The number of benzene rings is 2. The van der Waals surface area contributed by atoms with E-state index in [4.69, 9.17) is 4.74 Å². The first-order valence-electron chi connectivity index (χ1n) is 8.25. The van der Waals surface area contributed by atoms with Crippen molar-refractivity contribution >= 4 is 54.1 Å². The predicted octanol–water partition coefficient (Wildman–Crippen LogP) is 3.72. The molecule has 29 heavy (non-hydrogen) atoms. The molecule has 0 saturated carbocycles. The van der Waals surface area contributed by atoms with Crippen molar-refractivity contribution < 1.29 is 23.1 Å². The molecule has 2 aromatic carbocycles. The normalized spacial score (nSPS) is 11.8. The Morgan fingerprint density at radius 2 is 2.03 bits per heavy atom. The second-order valence-corrected chi connectivity index (χ2v) is 8.90. The smallest absolute Gasteiger partial charge is 0.285 e. The summed E-state index contributed by atoms with van der Waals surface area (Å²) in [6.45, 7) is -0.553. The molecule has 1 amide bonds. The van der Waals surface area contributed by atoms with Crippen molar-refractivity contribution in [1.82, 2.24) is 4.98 Å². The van der Waals surface area contributed by atoms with E-state index in [-0.39, 0.29) is 17.3 Å². The number of aromatic nitrogens is 1. The first-order valence-corrected chi connectivity index (χ1v) is 10.9. The number of hydrogen-bond donors (Lipinski definition) is 2. The van der Waals surface area contributed by atoms with Crippen molar-refractivity contribution in [2.24, 2.45) is 10.2 Å². The summed E-state index contributed by atoms with van der Waals surface area (Å²) < 4.78 is 31.1. The van der Waals surface area contributed by atoms with Gasteiger partial charge in [0.1, 0.15) is 12.3 Å². The van der Waals surface area contributed by atoms with Crippen molar-refractivity contribution in [2.75, 3.05) is 24.2 Å². The van der Waals surface area contributed by atoms with Gasteiger partial charge in [0.2, 0.25) is 15.9 Å². The number of nitrogens with zero attached hydrogens (tertiary/aromatic N) is 3. The van der Waals surface area contributed by atoms with E-state index >= 15 is 0 Å². The van der Waals surface area contributed by atoms with Crippen LogP contribution in [-0.2, 0) is 14.8 Å². The zero-order valence-corrected chi connectivity index (χ0v) is 17.9. The van der Waals surface area contributed by atoms with Gasteiger partial charge in [-0.15, -0.1) is 10.2 Å². The van der Waals surface area contributed by atoms with E-state index in [1.54, 1.807) is 30.3 Å². The number of halogens is 1. The molecule has 2 N–H and O–H groups in total. The quantitative estimate of drug-likeness (QED) is 0.520. The Labute approximate surface area is 175 Å². The Kier molecular flexibility index (Phi) is 5.89. The number of azo groups is 1. The van der Waals surface area contributed by atoms with E-state index in [1.165, 1.54) is 19.2 Å². The van der Waals surface area contributed by atoms with Crippen molar-refractivity contribution in [1.29, 1.82) is 0 Å². The average molecular weight is 481 g/mol. The van der Waals surface area contributed by atoms with Crippen LogP contribution in [0.2, 0.25) is 0 Å². The molecule has 0 atom stereocenters. The molecule has 0 bridgehead atoms. The number of H-pyrrole nitrogens is 1. The number of ether oxygens (including phenoxy) is 1. The van der Waals surface area contributed by atoms with Gasteiger partial charge in [0.05, 0.1) is 24.6 Å². The van der Waals surface area contributed by atoms with E-state index < -0.39 is 22.5 Å². The fourth-order valence-electron chi connectivity index (χ4n) is 2.66. The molecule has 152 valence electrons. The second-order valence-electron chi connectivity index (χ2n) is 6.08. The fraction of sp³-hybridized carbons (Fsp3) is 0.167. The number of methoxy groups -OCH3 is 1. The maximum absolute atomic E-state index is 12.3. The minimum atomic E-state index is -3.77. The third-order valence-corrected chi connectivity index (χ3v) is 5.63. The van der Waals surface area contributed by atoms with Crippen LogP contribution >= 0.6 is 15.9 Å². The molecule has 11 heteroatoms. The van der Waals surface area contributed by atoms with Crippen molar-refractivity contribution in [3.8, 4) is 11.6 Å². The lowest BCUT2D eigenvalue weighted by Crippen LogP contribution is -2.34. The van der Waals surface area contributed by atoms with E-state index in [9.17, 15) is 18.3 Å². The van der Waals surface area contributed by atoms with E-state index in [1.807, 2.05) is 0 Å². The lowest BCUT2D eigenvalue weighted by Gasteiger charge is -2.20. The Bertz CT molecular complexity index is 1210. The summed E-state index contributed by atoms with van der Waals surface area (Å²) in [6.07, 6.45) is 0.986. The van der Waals surface area contributed by atoms with Crippen LogP contribution in [0, 0.1) is 0 Å². The molecule has 0 aliphatic rings. The summed E-state index contributed by atoms with van der Waals surface area (Å²) in [5.74, 6) is -0.607. The topological polar surface area (TPSA) is 124 Å². The number of sulfonamides is 1. The Morgan fingerprint density at radius 3 is 2.72 bits per heavy atom. The van der Waals surface area contributed by atoms with Crippen LogP contribution in [0.5, 0.6) is 11.6 Å². The Hall–Kier alpha value is -2.92. The number of carbonyl (C=O) groups excluding carboxylic acids is 1. The summed E-state index contributed by atoms with van der Waals surface area (Å²) >= 11 is 3.33. The predicted molar refractivity (Wildman–Crippen MR) is 112 cm³/mol. The van der Waals surface area contributed by atoms with Gasteiger partial charge in [0.25, 0.3) is 5.91 Å². The summed E-state index contributed by atoms with van der Waals surface area (Å²) in [5.41, 5.74) is 0.956. The first-order chi connectivity index (χ1) is 13.7. The van der Waals surface area contributed by atoms with Crippen LogP contribution < -0.4 is 9.04 Å². The molecule has 0 saturated heterocycles. The molecule has 0 aliphatic carbocycles. The van der Waals surface area contributed by atoms with Gasteiger partial charge in [-0.25, -0.2) is 8.42 Å². The van der Waals surface area contributed by atoms with Gasteiger partial charge in [0.15, 0.2) is 5.69 Å². The van der Waals surface area contributed by atoms with Gasteiger partial charge < -0.3 is 14.8 Å². The molecule has 0 aliphatic heterocycles. The zero-order chi connectivity index (χ0) is 21.2. The molecule has 1 heterocycles. The van der Waals surface area contributed by atoms with Gasteiger partial charge in [-0.2, -0.15) is 0 Å². The molecular weight excluding hydrogens is 464 g/mol. The maximum Gasteiger partial charge on any atom is 0.285 e. The zero-order valence-electron chi connectivity index (χ0n) is 15.5. The molecule has 1 aromatic heterocycles. The summed E-state index contributed by atoms with van der Waals surface area (Å²) in [6, 6.07) is 11.5. The third kappa shape index (κ3) is 4.74. The standard InChI is InChI=1S/C18H17BrN4O5S/c1-28-13-5-3-4-12(9-13)23(29(2,26)27)10-16(24)21-22-17-14-8-11(19)6-7-15(14)20-18(17)25/h3-9,20,25H,10H2,1-2H3. The van der Waals surface area contributed by atoms with Gasteiger partial charge in [-0.3, -0.25) is 9.10 Å². The fourth-order valence-corrected chi connectivity index (χ4v) is 3.87. The molecule has 9 nitrogen and oxygen atoms in total. The summed E-state index contributed by atoms with van der Waals surface area (Å²) in [7, 11) is -2.31. The van der Waals surface area contributed by atoms with Gasteiger partial charge in [-0.05, 0) is 30.3 Å². The maximum atomic E-state index is 12.3. The summed E-state index contributed by atoms with van der Waals surface area (Å²) in [5, 5.41) is 18.0. The van der Waals surface area contributed by atoms with E-state index in [2.05, 4.69) is 31.1 Å². The number of hydrogen-bond acceptors (Lipinski definition) is 6. The van der Waals surface area contributed by atoms with Crippen molar-refractivity contribution in [2.45, 2.75) is 0 Å². The summed E-state index contributed by atoms with van der Waals surface area (Å²) in [4.78, 5) is 15.1. The minimum Gasteiger partial charge on any atom is -0.497 e. The average Bonchev–Trinajstić information content (AvgIpc) is 2.98. The van der Waals surface area contributed by atoms with E-state index in [0.29, 0.717) is 16.7 Å². The van der Waals surface area contributed by atoms with Crippen molar-refractivity contribution in [3.05, 3.63) is 46.9 Å². The van der Waals surface area contributed by atoms with Gasteiger partial charge >= 0.3 is 0 Å². The first kappa shape index (κ1) is 20.8. The highest BCUT2D eigenvalue weighted by Gasteiger charge is 2.21. The largest absolute Gasteiger partial charge is 0.497 e. The molecular formula is C18H17BrN4O5S. The number of nitrogens with one attached hydrogen (secondary N) is 1. The van der Waals surface area contributed by atoms with Crippen LogP contribution in [0.4, 0.5) is 11.4 Å². The number of fused-ring (bicyclic) bond motifs is 1. The number of aromatic hydroxyl groups is 1. The highest BCUT2D eigenvalue weighted by atomic mass is 79.9. The number of rotatable bonds is 6. The van der Waals surface area contributed by atoms with Crippen LogP contribution in [-0.4, -0.2) is 44.3 Å². The number of aromatic amines is 1. The van der Waals surface area contributed by atoms with Crippen LogP contribution in [0.3, 0.4) is 0 Å². The SMILES string of the molecule is COc1cccc(N(CC(=O)N=Nc2c(O)[nH]c3ccc(Br)cc23)S(C)(=O)=O)c1. The second kappa shape index (κ2) is 8.21. The number of anilines is 1. The minimum absolute atomic E-state index is 0.0851. The van der Waals surface area contributed by atoms with Crippen LogP contribution in [0.25, 0.3) is 10.9 Å². The van der Waals surface area contributed by atoms with Gasteiger partial charge in [-0.1, -0.05) is 22.0 Å². The number of carbonyl (C=O) groups is 1. The lowest BCUT2D eigenvalue weighted by molar-refractivity contribution is -0.116. The monoisotopic (exact) mass is 480 g/mol. The Morgan fingerprint density at radius 1 is 1.28 bits per heavy atom. The molecule has 3 rings (SSSR count). The van der Waals surface area contributed by atoms with Crippen LogP contribution in [0.15, 0.2) is 57.2 Å². The van der Waals surface area contributed by atoms with E-state index in [0.717, 1.165) is 15.0 Å². The van der Waals surface area contributed by atoms with Crippen molar-refractivity contribution in [3.63, 3.8) is 0 Å². The van der Waals surface area contributed by atoms with Gasteiger partial charge in [0, 0.05) is 15.9 Å². The lowest BCUT2D eigenvalue weighted by atomic mass is 10.2. The molecule has 0 spiro atoms. The highest BCUT2D eigenvalue weighted by molar-refractivity contribution is 9.10. The number of amides is 1. The molecule has 0 radical (unpaired) electrons.